The van der Waals surface area contributed by atoms with E-state index < -0.39 is 5.89 Å². The van der Waals surface area contributed by atoms with Crippen molar-refractivity contribution >= 4 is 32.7 Å². The average molecular weight is 812 g/mol. The summed E-state index contributed by atoms with van der Waals surface area (Å²) in [5.74, 6) is 1.10. The van der Waals surface area contributed by atoms with Crippen LogP contribution in [0.2, 0.25) is 0 Å². The molecule has 0 aliphatic heterocycles. The first-order valence-electron chi connectivity index (χ1n) is 17.3. The van der Waals surface area contributed by atoms with Crippen LogP contribution in [0.1, 0.15) is 38.5 Å². The van der Waals surface area contributed by atoms with Gasteiger partial charge in [0.25, 0.3) is 0 Å². The van der Waals surface area contributed by atoms with Crippen LogP contribution in [0.15, 0.2) is 144 Å². The molecule has 0 spiro atoms. The summed E-state index contributed by atoms with van der Waals surface area (Å²) >= 11 is 0. The van der Waals surface area contributed by atoms with Crippen LogP contribution in [0.3, 0.4) is 0 Å². The van der Waals surface area contributed by atoms with Crippen LogP contribution in [0.25, 0.3) is 66.4 Å². The van der Waals surface area contributed by atoms with Crippen molar-refractivity contribution in [1.29, 1.82) is 0 Å². The molecule has 241 valence electrons. The van der Waals surface area contributed by atoms with Crippen LogP contribution < -0.4 is 0 Å². The Bertz CT molecular complexity index is 2370. The van der Waals surface area contributed by atoms with E-state index in [-0.39, 0.29) is 20.1 Å². The van der Waals surface area contributed by atoms with Gasteiger partial charge in [-0.05, 0) is 100 Å². The van der Waals surface area contributed by atoms with Crippen LogP contribution in [-0.4, -0.2) is 9.97 Å². The summed E-state index contributed by atoms with van der Waals surface area (Å²) in [7, 11) is 0. The molecule has 8 aromatic rings. The maximum Gasteiger partial charge on any atom is 0.121 e. The zero-order valence-corrected chi connectivity index (χ0v) is 29.3. The molecular weight excluding hydrogens is 777 g/mol. The molecule has 49 heavy (non-hydrogen) atoms. The van der Waals surface area contributed by atoms with Crippen molar-refractivity contribution in [2.24, 2.45) is 11.8 Å². The van der Waals surface area contributed by atoms with Gasteiger partial charge >= 0.3 is 0 Å². The van der Waals surface area contributed by atoms with E-state index in [0.29, 0.717) is 0 Å². The second kappa shape index (κ2) is 13.6. The minimum Gasteiger partial charge on any atom is -0.501 e. The molecule has 3 fully saturated rings. The number of rotatable bonds is 4. The van der Waals surface area contributed by atoms with Gasteiger partial charge in [-0.1, -0.05) is 83.7 Å². The fourth-order valence-electron chi connectivity index (χ4n) is 7.64. The predicted octanol–water partition coefficient (Wildman–Crippen LogP) is 11.7. The molecule has 11 rings (SSSR count). The number of aromatic nitrogens is 2. The molecule has 3 nitrogen and oxygen atoms in total. The smallest absolute Gasteiger partial charge is 0.121 e. The minimum absolute atomic E-state index is 0. The molecule has 5 aromatic carbocycles. The van der Waals surface area contributed by atoms with Crippen molar-refractivity contribution in [3.63, 3.8) is 0 Å². The summed E-state index contributed by atoms with van der Waals surface area (Å²) in [6.07, 6.45) is 8.34. The Morgan fingerprint density at radius 2 is 1.43 bits per heavy atom. The molecule has 0 atom stereocenters. The van der Waals surface area contributed by atoms with Gasteiger partial charge in [0.2, 0.25) is 0 Å². The molecule has 3 aliphatic rings. The number of fused-ring (bicyclic) bond motifs is 7. The van der Waals surface area contributed by atoms with Crippen LogP contribution in [-0.2, 0) is 20.1 Å². The van der Waals surface area contributed by atoms with Gasteiger partial charge < -0.3 is 14.4 Å². The Morgan fingerprint density at radius 3 is 2.22 bits per heavy atom. The number of pyridine rings is 2. The van der Waals surface area contributed by atoms with Crippen molar-refractivity contribution in [3.8, 4) is 33.6 Å². The first-order valence-corrected chi connectivity index (χ1v) is 16.8. The van der Waals surface area contributed by atoms with Gasteiger partial charge in [-0.2, -0.15) is 0 Å². The summed E-state index contributed by atoms with van der Waals surface area (Å²) in [5, 5.41) is 4.62. The molecule has 0 N–H and O–H groups in total. The Kier molecular flexibility index (Phi) is 8.35. The molecule has 3 aliphatic carbocycles. The summed E-state index contributed by atoms with van der Waals surface area (Å²) in [6, 6.07) is 49.7. The van der Waals surface area contributed by atoms with Gasteiger partial charge in [-0.3, -0.25) is 0 Å². The molecule has 3 saturated carbocycles. The van der Waals surface area contributed by atoms with E-state index in [0.717, 1.165) is 85.8 Å². The van der Waals surface area contributed by atoms with Gasteiger partial charge in [-0.25, -0.2) is 0 Å². The Morgan fingerprint density at radius 1 is 0.633 bits per heavy atom. The Hall–Kier alpha value is -4.89. The normalized spacial score (nSPS) is 19.7. The molecule has 0 saturated heterocycles. The topological polar surface area (TPSA) is 38.9 Å². The number of furan rings is 1. The van der Waals surface area contributed by atoms with Gasteiger partial charge in [0, 0.05) is 39.3 Å². The summed E-state index contributed by atoms with van der Waals surface area (Å²) in [4.78, 5) is 8.93. The third kappa shape index (κ3) is 6.12. The van der Waals surface area contributed by atoms with E-state index in [1.807, 2.05) is 54.7 Å². The summed E-state index contributed by atoms with van der Waals surface area (Å²) in [5.41, 5.74) is 8.84. The third-order valence-electron chi connectivity index (χ3n) is 10.0. The number of benzene rings is 5. The van der Waals surface area contributed by atoms with E-state index in [1.54, 1.807) is 6.20 Å². The third-order valence-corrected chi connectivity index (χ3v) is 10.0. The Labute approximate surface area is 301 Å². The van der Waals surface area contributed by atoms with Crippen LogP contribution in [0, 0.1) is 24.0 Å². The van der Waals surface area contributed by atoms with Crippen molar-refractivity contribution < 1.29 is 25.9 Å². The molecule has 2 bridgehead atoms. The fourth-order valence-corrected chi connectivity index (χ4v) is 7.64. The van der Waals surface area contributed by atoms with Crippen LogP contribution in [0.4, 0.5) is 0 Å². The summed E-state index contributed by atoms with van der Waals surface area (Å²) in [6.45, 7) is 0. The van der Waals surface area contributed by atoms with Crippen LogP contribution in [0.5, 0.6) is 0 Å². The van der Waals surface area contributed by atoms with Crippen molar-refractivity contribution in [2.45, 2.75) is 31.6 Å². The second-order valence-electron chi connectivity index (χ2n) is 13.1. The number of hydrogen-bond acceptors (Lipinski definition) is 3. The first-order chi connectivity index (χ1) is 24.1. The second-order valence-corrected chi connectivity index (χ2v) is 13.1. The van der Waals surface area contributed by atoms with Crippen molar-refractivity contribution in [2.75, 3.05) is 0 Å². The predicted molar refractivity (Wildman–Crippen MR) is 195 cm³/mol. The van der Waals surface area contributed by atoms with E-state index >= 15 is 0 Å². The molecule has 0 unspecified atom stereocenters. The SMILES string of the molecule is [2H]C1(c2ccc(-c3ccnc(-c4[c-]ccc5c4oc4ccc6ccccc6c45)c3)cc2)CC2CC(C2)C1.[Ir].[c-]1ccccc1-c1ccccn1. The number of hydrogen-bond donors (Lipinski definition) is 0. The van der Waals surface area contributed by atoms with Gasteiger partial charge in [0.15, 0.2) is 0 Å². The number of nitrogens with zero attached hydrogens (tertiary/aromatic N) is 2. The van der Waals surface area contributed by atoms with Crippen LogP contribution >= 0.6 is 0 Å². The largest absolute Gasteiger partial charge is 0.501 e. The molecule has 0 amide bonds. The minimum atomic E-state index is -0.413. The molecule has 1 radical (unpaired) electrons. The van der Waals surface area contributed by atoms with E-state index in [9.17, 15) is 0 Å². The molecule has 4 heteroatoms. The maximum atomic E-state index is 9.09. The average Bonchev–Trinajstić information content (AvgIpc) is 3.55. The molecular formula is C45H34IrN2O-2. The molecule has 3 heterocycles. The Balaban J connectivity index is 0.000000236. The quantitative estimate of drug-likeness (QED) is 0.166. The van der Waals surface area contributed by atoms with Crippen molar-refractivity contribution in [1.82, 2.24) is 9.97 Å². The van der Waals surface area contributed by atoms with Crippen molar-refractivity contribution in [3.05, 3.63) is 157 Å². The van der Waals surface area contributed by atoms with E-state index in [2.05, 4.69) is 96.0 Å². The van der Waals surface area contributed by atoms with E-state index in [1.165, 1.54) is 23.6 Å². The monoisotopic (exact) mass is 812 g/mol. The zero-order chi connectivity index (χ0) is 32.8. The summed E-state index contributed by atoms with van der Waals surface area (Å²) < 4.78 is 15.5. The zero-order valence-electron chi connectivity index (χ0n) is 27.9. The standard InChI is InChI=1S/C34H26NO.C11H8N.Ir/c1-2-5-28-25(4-1)12-13-32-33(28)30-7-3-6-29(34(30)36-32)31-20-26(14-15-35-31)23-8-10-24(11-9-23)27-18-21-16-22(17-21)19-27;1-2-6-10(7-3-1)11-8-4-5-9-12-11;/h1-5,7-15,20-22,27H,16-19H2;1-6,8-9H;/q2*-1;/i27D;;. The van der Waals surface area contributed by atoms with Gasteiger partial charge in [-0.15, -0.1) is 54.1 Å². The fraction of sp³-hybridized carbons (Fsp3) is 0.156. The maximum absolute atomic E-state index is 9.09. The first kappa shape index (κ1) is 30.2. The van der Waals surface area contributed by atoms with Gasteiger partial charge in [0.1, 0.15) is 5.58 Å². The van der Waals surface area contributed by atoms with E-state index in [4.69, 9.17) is 10.8 Å². The van der Waals surface area contributed by atoms with Gasteiger partial charge in [0.05, 0.1) is 5.58 Å². The molecule has 3 aromatic heterocycles.